The van der Waals surface area contributed by atoms with Crippen LogP contribution >= 0.6 is 11.6 Å². The van der Waals surface area contributed by atoms with E-state index in [0.717, 1.165) is 50.4 Å². The van der Waals surface area contributed by atoms with Crippen molar-refractivity contribution in [3.63, 3.8) is 0 Å². The molecule has 0 fully saturated rings. The molecule has 0 aliphatic carbocycles. The summed E-state index contributed by atoms with van der Waals surface area (Å²) in [5.41, 5.74) is 1.74. The first-order valence-electron chi connectivity index (χ1n) is 9.18. The summed E-state index contributed by atoms with van der Waals surface area (Å²) in [5.74, 6) is 1.52. The van der Waals surface area contributed by atoms with E-state index < -0.39 is 0 Å². The number of rotatable bonds is 6. The maximum absolute atomic E-state index is 12.5. The quantitative estimate of drug-likeness (QED) is 0.843. The normalized spacial score (nSPS) is 14.9. The van der Waals surface area contributed by atoms with Crippen LogP contribution in [-0.4, -0.2) is 45.0 Å². The Labute approximate surface area is 159 Å². The molecule has 2 aromatic heterocycles. The molecule has 140 valence electrons. The number of aromatic nitrogens is 3. The van der Waals surface area contributed by atoms with Crippen molar-refractivity contribution in [2.24, 2.45) is 5.92 Å². The lowest BCUT2D eigenvalue weighted by Gasteiger charge is -2.20. The maximum atomic E-state index is 12.5. The summed E-state index contributed by atoms with van der Waals surface area (Å²) in [6, 6.07) is 1.96. The lowest BCUT2D eigenvalue weighted by atomic mass is 10.1. The Kier molecular flexibility index (Phi) is 6.27. The SMILES string of the molecule is CC(C)CCNC(=O)c1cnc2n1CCN(Cc1ccncc1Cl)CC2. The van der Waals surface area contributed by atoms with Crippen LogP contribution in [0.15, 0.2) is 24.7 Å². The Morgan fingerprint density at radius 3 is 2.92 bits per heavy atom. The number of carbonyl (C=O) groups excluding carboxylic acids is 1. The number of nitrogens with one attached hydrogen (secondary N) is 1. The fourth-order valence-corrected chi connectivity index (χ4v) is 3.33. The van der Waals surface area contributed by atoms with Crippen molar-refractivity contribution in [1.29, 1.82) is 0 Å². The summed E-state index contributed by atoms with van der Waals surface area (Å²) in [6.07, 6.45) is 6.95. The Morgan fingerprint density at radius 2 is 2.15 bits per heavy atom. The highest BCUT2D eigenvalue weighted by atomic mass is 35.5. The van der Waals surface area contributed by atoms with Gasteiger partial charge in [0.2, 0.25) is 0 Å². The Hall–Kier alpha value is -1.92. The lowest BCUT2D eigenvalue weighted by molar-refractivity contribution is 0.0942. The number of pyridine rings is 1. The summed E-state index contributed by atoms with van der Waals surface area (Å²) < 4.78 is 2.05. The molecule has 3 rings (SSSR count). The molecule has 3 heterocycles. The molecule has 1 amide bonds. The molecular weight excluding hydrogens is 350 g/mol. The molecule has 26 heavy (non-hydrogen) atoms. The second-order valence-corrected chi connectivity index (χ2v) is 7.55. The zero-order valence-electron chi connectivity index (χ0n) is 15.4. The zero-order chi connectivity index (χ0) is 18.5. The van der Waals surface area contributed by atoms with E-state index in [1.165, 1.54) is 0 Å². The standard InChI is InChI=1S/C19H26ClN5O/c1-14(2)3-7-22-19(26)17-12-23-18-5-8-24(9-10-25(17)18)13-15-4-6-21-11-16(15)20/h4,6,11-12,14H,3,5,7-10,13H2,1-2H3,(H,22,26). The predicted molar refractivity (Wildman–Crippen MR) is 102 cm³/mol. The van der Waals surface area contributed by atoms with Crippen LogP contribution in [0, 0.1) is 5.92 Å². The number of fused-ring (bicyclic) bond motifs is 1. The Balaban J connectivity index is 1.62. The van der Waals surface area contributed by atoms with E-state index in [2.05, 4.69) is 38.6 Å². The molecule has 1 aliphatic rings. The first kappa shape index (κ1) is 18.9. The van der Waals surface area contributed by atoms with E-state index in [-0.39, 0.29) is 5.91 Å². The molecule has 0 saturated heterocycles. The van der Waals surface area contributed by atoms with Crippen LogP contribution in [0.1, 0.15) is 42.1 Å². The summed E-state index contributed by atoms with van der Waals surface area (Å²) in [4.78, 5) is 23.3. The fraction of sp³-hybridized carbons (Fsp3) is 0.526. The topological polar surface area (TPSA) is 63.1 Å². The number of nitrogens with zero attached hydrogens (tertiary/aromatic N) is 4. The van der Waals surface area contributed by atoms with Gasteiger partial charge in [-0.2, -0.15) is 0 Å². The predicted octanol–water partition coefficient (Wildman–Crippen LogP) is 2.77. The highest BCUT2D eigenvalue weighted by Gasteiger charge is 2.21. The van der Waals surface area contributed by atoms with Crippen molar-refractivity contribution >= 4 is 17.5 Å². The van der Waals surface area contributed by atoms with Crippen molar-refractivity contribution in [3.8, 4) is 0 Å². The maximum Gasteiger partial charge on any atom is 0.269 e. The van der Waals surface area contributed by atoms with Crippen LogP contribution in [0.2, 0.25) is 5.02 Å². The molecule has 1 N–H and O–H groups in total. The molecule has 0 radical (unpaired) electrons. The van der Waals surface area contributed by atoms with E-state index >= 15 is 0 Å². The van der Waals surface area contributed by atoms with Gasteiger partial charge in [-0.15, -0.1) is 0 Å². The van der Waals surface area contributed by atoms with Crippen LogP contribution in [0.3, 0.4) is 0 Å². The molecule has 0 bridgehead atoms. The molecule has 0 saturated carbocycles. The van der Waals surface area contributed by atoms with Gasteiger partial charge in [0.1, 0.15) is 11.5 Å². The minimum Gasteiger partial charge on any atom is -0.351 e. The van der Waals surface area contributed by atoms with E-state index in [1.54, 1.807) is 18.6 Å². The van der Waals surface area contributed by atoms with Crippen LogP contribution < -0.4 is 5.32 Å². The van der Waals surface area contributed by atoms with Crippen LogP contribution in [0.25, 0.3) is 0 Å². The third kappa shape index (κ3) is 4.62. The van der Waals surface area contributed by atoms with Gasteiger partial charge in [-0.25, -0.2) is 4.98 Å². The number of amides is 1. The molecule has 0 atom stereocenters. The minimum atomic E-state index is -0.0324. The first-order chi connectivity index (χ1) is 12.5. The number of halogens is 1. The number of carbonyl (C=O) groups is 1. The van der Waals surface area contributed by atoms with Gasteiger partial charge in [-0.05, 0) is 24.0 Å². The highest BCUT2D eigenvalue weighted by molar-refractivity contribution is 6.31. The molecule has 0 unspecified atom stereocenters. The van der Waals surface area contributed by atoms with Gasteiger partial charge in [-0.3, -0.25) is 14.7 Å². The number of hydrogen-bond donors (Lipinski definition) is 1. The van der Waals surface area contributed by atoms with Crippen molar-refractivity contribution in [2.75, 3.05) is 19.6 Å². The van der Waals surface area contributed by atoms with Gasteiger partial charge in [0.15, 0.2) is 0 Å². The number of hydrogen-bond acceptors (Lipinski definition) is 4. The van der Waals surface area contributed by atoms with Crippen LogP contribution in [0.5, 0.6) is 0 Å². The van der Waals surface area contributed by atoms with Crippen molar-refractivity contribution in [1.82, 2.24) is 24.8 Å². The van der Waals surface area contributed by atoms with E-state index in [4.69, 9.17) is 11.6 Å². The third-order valence-electron chi connectivity index (χ3n) is 4.72. The minimum absolute atomic E-state index is 0.0324. The molecule has 2 aromatic rings. The van der Waals surface area contributed by atoms with E-state index in [9.17, 15) is 4.79 Å². The van der Waals surface area contributed by atoms with Crippen molar-refractivity contribution in [2.45, 2.75) is 39.8 Å². The van der Waals surface area contributed by atoms with E-state index in [1.807, 2.05) is 6.07 Å². The van der Waals surface area contributed by atoms with Gasteiger partial charge in [0.05, 0.1) is 11.2 Å². The summed E-state index contributed by atoms with van der Waals surface area (Å²) in [5, 5.41) is 3.70. The molecule has 0 spiro atoms. The van der Waals surface area contributed by atoms with Gasteiger partial charge in [0, 0.05) is 51.5 Å². The smallest absolute Gasteiger partial charge is 0.269 e. The zero-order valence-corrected chi connectivity index (χ0v) is 16.2. The van der Waals surface area contributed by atoms with Gasteiger partial charge in [0.25, 0.3) is 5.91 Å². The largest absolute Gasteiger partial charge is 0.351 e. The molecule has 1 aliphatic heterocycles. The van der Waals surface area contributed by atoms with Gasteiger partial charge < -0.3 is 9.88 Å². The summed E-state index contributed by atoms with van der Waals surface area (Å²) in [6.45, 7) is 8.29. The summed E-state index contributed by atoms with van der Waals surface area (Å²) in [7, 11) is 0. The Morgan fingerprint density at radius 1 is 1.31 bits per heavy atom. The average molecular weight is 376 g/mol. The average Bonchev–Trinajstić information content (AvgIpc) is 2.91. The number of imidazole rings is 1. The third-order valence-corrected chi connectivity index (χ3v) is 5.06. The van der Waals surface area contributed by atoms with E-state index in [0.29, 0.717) is 23.2 Å². The second-order valence-electron chi connectivity index (χ2n) is 7.14. The first-order valence-corrected chi connectivity index (χ1v) is 9.55. The van der Waals surface area contributed by atoms with Crippen molar-refractivity contribution in [3.05, 3.63) is 46.8 Å². The molecular formula is C19H26ClN5O. The second kappa shape index (κ2) is 8.64. The Bertz CT molecular complexity index is 758. The van der Waals surface area contributed by atoms with Crippen LogP contribution in [0.4, 0.5) is 0 Å². The summed E-state index contributed by atoms with van der Waals surface area (Å²) >= 11 is 6.23. The highest BCUT2D eigenvalue weighted by Crippen LogP contribution is 2.18. The fourth-order valence-electron chi connectivity index (χ4n) is 3.15. The van der Waals surface area contributed by atoms with Gasteiger partial charge >= 0.3 is 0 Å². The van der Waals surface area contributed by atoms with Crippen molar-refractivity contribution < 1.29 is 4.79 Å². The van der Waals surface area contributed by atoms with Gasteiger partial charge in [-0.1, -0.05) is 25.4 Å². The molecule has 6 nitrogen and oxygen atoms in total. The lowest BCUT2D eigenvalue weighted by Crippen LogP contribution is -2.29. The molecule has 7 heteroatoms. The molecule has 0 aromatic carbocycles. The monoisotopic (exact) mass is 375 g/mol. The van der Waals surface area contributed by atoms with Crippen LogP contribution in [-0.2, 0) is 19.5 Å².